The van der Waals surface area contributed by atoms with E-state index in [0.29, 0.717) is 0 Å². The minimum Gasteiger partial charge on any atom is -0.175 e. The lowest BCUT2D eigenvalue weighted by Gasteiger charge is -2.00. The molecule has 0 spiro atoms. The molecule has 0 amide bonds. The summed E-state index contributed by atoms with van der Waals surface area (Å²) in [6.45, 7) is 2.20. The van der Waals surface area contributed by atoms with E-state index >= 15 is 0 Å². The third kappa shape index (κ3) is 2.58. The van der Waals surface area contributed by atoms with Gasteiger partial charge in [0.2, 0.25) is 0 Å². The molecule has 0 saturated carbocycles. The van der Waals surface area contributed by atoms with Crippen LogP contribution in [0.4, 0.5) is 0 Å². The number of benzene rings is 1. The van der Waals surface area contributed by atoms with E-state index in [2.05, 4.69) is 43.8 Å². The molecule has 0 saturated heterocycles. The Kier molecular flexibility index (Phi) is 3.50. The van der Waals surface area contributed by atoms with Crippen molar-refractivity contribution in [3.8, 4) is 0 Å². The lowest BCUT2D eigenvalue weighted by atomic mass is 10.1. The van der Waals surface area contributed by atoms with Crippen molar-refractivity contribution in [2.24, 2.45) is 0 Å². The Bertz CT molecular complexity index is 218. The van der Waals surface area contributed by atoms with Gasteiger partial charge in [0.1, 0.15) is 0 Å². The smallest absolute Gasteiger partial charge is 0.0154 e. The van der Waals surface area contributed by atoms with Crippen LogP contribution in [0.25, 0.3) is 0 Å². The van der Waals surface area contributed by atoms with Crippen LogP contribution < -0.4 is 0 Å². The summed E-state index contributed by atoms with van der Waals surface area (Å²) < 4.78 is 0. The maximum absolute atomic E-state index is 4.23. The first-order valence-electron chi connectivity index (χ1n) is 4.05. The average molecular weight is 166 g/mol. The molecule has 0 aliphatic rings. The van der Waals surface area contributed by atoms with Gasteiger partial charge in [-0.1, -0.05) is 37.6 Å². The average Bonchev–Trinajstić information content (AvgIpc) is 2.06. The molecule has 0 radical (unpaired) electrons. The molecule has 1 rings (SSSR count). The highest BCUT2D eigenvalue weighted by Gasteiger charge is 1.92. The van der Waals surface area contributed by atoms with Crippen LogP contribution in [0.3, 0.4) is 0 Å². The molecule has 0 nitrogen and oxygen atoms in total. The number of rotatable bonds is 3. The zero-order valence-electron chi connectivity index (χ0n) is 6.88. The maximum atomic E-state index is 4.23. The van der Waals surface area contributed by atoms with Crippen molar-refractivity contribution in [1.29, 1.82) is 0 Å². The van der Waals surface area contributed by atoms with Crippen LogP contribution in [-0.4, -0.2) is 0 Å². The van der Waals surface area contributed by atoms with E-state index in [1.54, 1.807) is 0 Å². The largest absolute Gasteiger partial charge is 0.175 e. The van der Waals surface area contributed by atoms with Crippen LogP contribution in [0, 0.1) is 0 Å². The highest BCUT2D eigenvalue weighted by molar-refractivity contribution is 7.79. The predicted molar refractivity (Wildman–Crippen MR) is 53.1 cm³/mol. The SMILES string of the molecule is CCCc1cccc(CS)c1. The molecular weight excluding hydrogens is 152 g/mol. The molecule has 1 aromatic carbocycles. The number of thiol groups is 1. The summed E-state index contributed by atoms with van der Waals surface area (Å²) in [7, 11) is 0. The third-order valence-electron chi connectivity index (χ3n) is 1.71. The summed E-state index contributed by atoms with van der Waals surface area (Å²) in [5.41, 5.74) is 2.75. The lowest BCUT2D eigenvalue weighted by Crippen LogP contribution is -1.84. The van der Waals surface area contributed by atoms with E-state index in [1.807, 2.05) is 0 Å². The van der Waals surface area contributed by atoms with Gasteiger partial charge in [-0.15, -0.1) is 0 Å². The molecule has 0 heterocycles. The Labute approximate surface area is 74.0 Å². The highest BCUT2D eigenvalue weighted by Crippen LogP contribution is 2.08. The molecule has 0 unspecified atom stereocenters. The van der Waals surface area contributed by atoms with Crippen LogP contribution in [0.15, 0.2) is 24.3 Å². The fraction of sp³-hybridized carbons (Fsp3) is 0.400. The molecule has 0 atom stereocenters. The topological polar surface area (TPSA) is 0 Å². The molecule has 0 aliphatic heterocycles. The number of aryl methyl sites for hydroxylation is 1. The van der Waals surface area contributed by atoms with Gasteiger partial charge in [0.15, 0.2) is 0 Å². The van der Waals surface area contributed by atoms with E-state index in [0.717, 1.165) is 5.75 Å². The van der Waals surface area contributed by atoms with Gasteiger partial charge in [-0.25, -0.2) is 0 Å². The molecule has 0 aliphatic carbocycles. The van der Waals surface area contributed by atoms with Gasteiger partial charge in [-0.3, -0.25) is 0 Å². The van der Waals surface area contributed by atoms with Crippen molar-refractivity contribution in [3.63, 3.8) is 0 Å². The van der Waals surface area contributed by atoms with Crippen LogP contribution in [0.1, 0.15) is 24.5 Å². The minimum atomic E-state index is 0.845. The molecule has 0 fully saturated rings. The molecule has 1 aromatic rings. The Morgan fingerprint density at radius 1 is 1.27 bits per heavy atom. The van der Waals surface area contributed by atoms with E-state index in [9.17, 15) is 0 Å². The zero-order chi connectivity index (χ0) is 8.10. The first-order chi connectivity index (χ1) is 5.36. The Balaban J connectivity index is 2.74. The first-order valence-corrected chi connectivity index (χ1v) is 4.68. The van der Waals surface area contributed by atoms with E-state index in [4.69, 9.17) is 0 Å². The van der Waals surface area contributed by atoms with Gasteiger partial charge in [0, 0.05) is 5.75 Å². The van der Waals surface area contributed by atoms with Gasteiger partial charge in [0.25, 0.3) is 0 Å². The summed E-state index contributed by atoms with van der Waals surface area (Å²) in [6, 6.07) is 8.63. The van der Waals surface area contributed by atoms with Gasteiger partial charge in [-0.2, -0.15) is 12.6 Å². The second kappa shape index (κ2) is 4.45. The third-order valence-corrected chi connectivity index (χ3v) is 2.08. The summed E-state index contributed by atoms with van der Waals surface area (Å²) in [5, 5.41) is 0. The van der Waals surface area contributed by atoms with Crippen molar-refractivity contribution in [2.75, 3.05) is 0 Å². The van der Waals surface area contributed by atoms with Crippen LogP contribution >= 0.6 is 12.6 Å². The Morgan fingerprint density at radius 2 is 2.00 bits per heavy atom. The molecule has 60 valence electrons. The Hall–Kier alpha value is -0.430. The van der Waals surface area contributed by atoms with Crippen molar-refractivity contribution in [3.05, 3.63) is 35.4 Å². The quantitative estimate of drug-likeness (QED) is 0.655. The number of hydrogen-bond acceptors (Lipinski definition) is 1. The second-order valence-electron chi connectivity index (χ2n) is 2.73. The van der Waals surface area contributed by atoms with E-state index < -0.39 is 0 Å². The fourth-order valence-corrected chi connectivity index (χ4v) is 1.37. The van der Waals surface area contributed by atoms with Crippen LogP contribution in [0.5, 0.6) is 0 Å². The van der Waals surface area contributed by atoms with Gasteiger partial charge < -0.3 is 0 Å². The normalized spacial score (nSPS) is 10.0. The summed E-state index contributed by atoms with van der Waals surface area (Å²) in [6.07, 6.45) is 2.40. The zero-order valence-corrected chi connectivity index (χ0v) is 7.77. The molecule has 0 N–H and O–H groups in total. The maximum Gasteiger partial charge on any atom is 0.0154 e. The standard InChI is InChI=1S/C10H14S/c1-2-4-9-5-3-6-10(7-9)8-11/h3,5-7,11H,2,4,8H2,1H3. The van der Waals surface area contributed by atoms with Crippen molar-refractivity contribution in [1.82, 2.24) is 0 Å². The number of hydrogen-bond donors (Lipinski definition) is 1. The van der Waals surface area contributed by atoms with Crippen LogP contribution in [0.2, 0.25) is 0 Å². The van der Waals surface area contributed by atoms with E-state index in [-0.39, 0.29) is 0 Å². The van der Waals surface area contributed by atoms with Gasteiger partial charge in [0.05, 0.1) is 0 Å². The summed E-state index contributed by atoms with van der Waals surface area (Å²) in [5.74, 6) is 0.845. The minimum absolute atomic E-state index is 0.845. The Morgan fingerprint density at radius 3 is 2.64 bits per heavy atom. The van der Waals surface area contributed by atoms with E-state index in [1.165, 1.54) is 24.0 Å². The van der Waals surface area contributed by atoms with Gasteiger partial charge >= 0.3 is 0 Å². The first kappa shape index (κ1) is 8.66. The molecular formula is C10H14S. The molecule has 0 aromatic heterocycles. The molecule has 11 heavy (non-hydrogen) atoms. The van der Waals surface area contributed by atoms with Crippen LogP contribution in [-0.2, 0) is 12.2 Å². The van der Waals surface area contributed by atoms with Crippen molar-refractivity contribution in [2.45, 2.75) is 25.5 Å². The monoisotopic (exact) mass is 166 g/mol. The highest BCUT2D eigenvalue weighted by atomic mass is 32.1. The fourth-order valence-electron chi connectivity index (χ4n) is 1.17. The summed E-state index contributed by atoms with van der Waals surface area (Å²) in [4.78, 5) is 0. The molecule has 0 bridgehead atoms. The summed E-state index contributed by atoms with van der Waals surface area (Å²) >= 11 is 4.23. The van der Waals surface area contributed by atoms with Crippen molar-refractivity contribution < 1.29 is 0 Å². The second-order valence-corrected chi connectivity index (χ2v) is 3.04. The van der Waals surface area contributed by atoms with Gasteiger partial charge in [-0.05, 0) is 17.5 Å². The van der Waals surface area contributed by atoms with Crippen molar-refractivity contribution >= 4 is 12.6 Å². The molecule has 1 heteroatoms. The lowest BCUT2D eigenvalue weighted by molar-refractivity contribution is 0.920. The predicted octanol–water partition coefficient (Wildman–Crippen LogP) is 3.07.